The van der Waals surface area contributed by atoms with Gasteiger partial charge in [0.25, 0.3) is 0 Å². The fraction of sp³-hybridized carbons (Fsp3) is 0.367. The number of hydrogen-bond donors (Lipinski definition) is 0. The third-order valence-electron chi connectivity index (χ3n) is 5.91. The number of benzene rings is 2. The second-order valence-electron chi connectivity index (χ2n) is 8.93. The van der Waals surface area contributed by atoms with Crippen LogP contribution in [-0.2, 0) is 14.3 Å². The quantitative estimate of drug-likeness (QED) is 0.164. The number of aromatic nitrogens is 2. The number of rotatable bonds is 8. The molecule has 0 radical (unpaired) electrons. The molecule has 2 aromatic carbocycles. The zero-order valence-electron chi connectivity index (χ0n) is 20.9. The van der Waals surface area contributed by atoms with Gasteiger partial charge in [-0.25, -0.2) is 9.97 Å². The van der Waals surface area contributed by atoms with Gasteiger partial charge in [-0.2, -0.15) is 0 Å². The minimum atomic E-state index is -0.340. The maximum absolute atomic E-state index is 11.1. The Morgan fingerprint density at radius 2 is 1.75 bits per heavy atom. The van der Waals surface area contributed by atoms with Crippen LogP contribution >= 0.6 is 0 Å². The number of carbonyl (C=O) groups excluding carboxylic acids is 1. The van der Waals surface area contributed by atoms with Crippen molar-refractivity contribution >= 4 is 5.97 Å². The molecule has 1 saturated heterocycles. The summed E-state index contributed by atoms with van der Waals surface area (Å²) in [5, 5.41) is 0. The van der Waals surface area contributed by atoms with E-state index in [0.29, 0.717) is 11.6 Å². The highest BCUT2D eigenvalue weighted by Crippen LogP contribution is 2.23. The molecule has 2 heterocycles. The minimum absolute atomic E-state index is 0.0289. The number of hydrogen-bond acceptors (Lipinski definition) is 6. The van der Waals surface area contributed by atoms with Crippen molar-refractivity contribution in [3.05, 3.63) is 66.5 Å². The van der Waals surface area contributed by atoms with Crippen LogP contribution in [0.3, 0.4) is 0 Å². The topological polar surface area (TPSA) is 70.5 Å². The molecule has 4 rings (SSSR count). The van der Waals surface area contributed by atoms with Gasteiger partial charge in [0, 0.05) is 49.0 Å². The molecule has 1 fully saturated rings. The van der Waals surface area contributed by atoms with Crippen LogP contribution in [0, 0.1) is 11.8 Å². The van der Waals surface area contributed by atoms with E-state index >= 15 is 0 Å². The Bertz CT molecular complexity index is 1170. The van der Waals surface area contributed by atoms with Crippen molar-refractivity contribution in [3.8, 4) is 40.1 Å². The minimum Gasteiger partial charge on any atom is -0.427 e. The Balaban J connectivity index is 1.25. The van der Waals surface area contributed by atoms with E-state index in [9.17, 15) is 4.79 Å². The summed E-state index contributed by atoms with van der Waals surface area (Å²) in [6, 6.07) is 15.3. The Kier molecular flexibility index (Phi) is 9.21. The highest BCUT2D eigenvalue weighted by Gasteiger charge is 2.16. The summed E-state index contributed by atoms with van der Waals surface area (Å²) in [5.41, 5.74) is 3.75. The lowest BCUT2D eigenvalue weighted by Crippen LogP contribution is -2.26. The van der Waals surface area contributed by atoms with Crippen molar-refractivity contribution in [2.75, 3.05) is 6.61 Å². The summed E-state index contributed by atoms with van der Waals surface area (Å²) in [6.45, 7) is 4.31. The zero-order chi connectivity index (χ0) is 25.2. The van der Waals surface area contributed by atoms with E-state index in [2.05, 4.69) is 28.7 Å². The monoisotopic (exact) mass is 484 g/mol. The molecule has 2 atom stereocenters. The second-order valence-corrected chi connectivity index (χ2v) is 8.93. The van der Waals surface area contributed by atoms with Gasteiger partial charge in [0.05, 0.1) is 6.10 Å². The van der Waals surface area contributed by atoms with Crippen LogP contribution < -0.4 is 4.74 Å². The molecule has 6 nitrogen and oxygen atoms in total. The third kappa shape index (κ3) is 7.74. The van der Waals surface area contributed by atoms with E-state index < -0.39 is 0 Å². The maximum atomic E-state index is 11.1. The van der Waals surface area contributed by atoms with Crippen LogP contribution in [0.4, 0.5) is 0 Å². The van der Waals surface area contributed by atoms with E-state index in [1.807, 2.05) is 36.4 Å². The van der Waals surface area contributed by atoms with E-state index in [-0.39, 0.29) is 18.4 Å². The second kappa shape index (κ2) is 13.0. The lowest BCUT2D eigenvalue weighted by atomic mass is 10.1. The Morgan fingerprint density at radius 1 is 1.03 bits per heavy atom. The molecular formula is C30H32N2O4. The number of unbranched alkanes of at least 4 members (excludes halogenated alkanes) is 1. The molecule has 1 aromatic heterocycles. The first-order valence-corrected chi connectivity index (χ1v) is 12.5. The highest BCUT2D eigenvalue weighted by atomic mass is 16.7. The molecular weight excluding hydrogens is 452 g/mol. The molecule has 0 spiro atoms. The standard InChI is InChI=1S/C30H32N2O4/c1-22(35-29-10-6-7-19-34-29)8-4-3-5-9-24-11-13-26(14-12-24)30-31-20-27(21-32-30)25-15-17-28(18-16-25)36-23(2)33/h11-18,20-22,29H,3-4,6-8,10,19H2,1-2H3. The molecule has 1 aliphatic rings. The van der Waals surface area contributed by atoms with Crippen LogP contribution in [0.15, 0.2) is 60.9 Å². The van der Waals surface area contributed by atoms with Crippen LogP contribution in [0.2, 0.25) is 0 Å². The molecule has 0 saturated carbocycles. The zero-order valence-corrected chi connectivity index (χ0v) is 20.9. The number of esters is 1. The lowest BCUT2D eigenvalue weighted by Gasteiger charge is -2.25. The first kappa shape index (κ1) is 25.6. The van der Waals surface area contributed by atoms with Crippen molar-refractivity contribution in [2.24, 2.45) is 0 Å². The number of carbonyl (C=O) groups is 1. The fourth-order valence-corrected chi connectivity index (χ4v) is 4.00. The SMILES string of the molecule is CC(=O)Oc1ccc(-c2cnc(-c3ccc(C#CCCCC(C)OC4CCCCO4)cc3)nc2)cc1. The number of ether oxygens (including phenoxy) is 3. The average Bonchev–Trinajstić information content (AvgIpc) is 2.90. The first-order chi connectivity index (χ1) is 17.6. The smallest absolute Gasteiger partial charge is 0.308 e. The van der Waals surface area contributed by atoms with E-state index in [1.54, 1.807) is 24.5 Å². The van der Waals surface area contributed by atoms with Crippen molar-refractivity contribution < 1.29 is 19.0 Å². The van der Waals surface area contributed by atoms with Crippen LogP contribution in [0.25, 0.3) is 22.5 Å². The van der Waals surface area contributed by atoms with Crippen molar-refractivity contribution in [2.45, 2.75) is 64.8 Å². The lowest BCUT2D eigenvalue weighted by molar-refractivity contribution is -0.185. The molecule has 0 bridgehead atoms. The van der Waals surface area contributed by atoms with Crippen LogP contribution in [0.1, 0.15) is 57.9 Å². The fourth-order valence-electron chi connectivity index (χ4n) is 4.00. The van der Waals surface area contributed by atoms with Crippen molar-refractivity contribution in [1.82, 2.24) is 9.97 Å². The van der Waals surface area contributed by atoms with Gasteiger partial charge < -0.3 is 14.2 Å². The summed E-state index contributed by atoms with van der Waals surface area (Å²) in [6.07, 6.45) is 9.91. The van der Waals surface area contributed by atoms with Gasteiger partial charge in [-0.1, -0.05) is 24.0 Å². The highest BCUT2D eigenvalue weighted by molar-refractivity contribution is 5.70. The average molecular weight is 485 g/mol. The maximum Gasteiger partial charge on any atom is 0.308 e. The van der Waals surface area contributed by atoms with E-state index in [4.69, 9.17) is 14.2 Å². The molecule has 36 heavy (non-hydrogen) atoms. The summed E-state index contributed by atoms with van der Waals surface area (Å²) in [5.74, 6) is 7.33. The van der Waals surface area contributed by atoms with E-state index in [0.717, 1.165) is 61.0 Å². The number of nitrogens with zero attached hydrogens (tertiary/aromatic N) is 2. The summed E-state index contributed by atoms with van der Waals surface area (Å²) in [7, 11) is 0. The molecule has 3 aromatic rings. The van der Waals surface area contributed by atoms with Crippen LogP contribution in [-0.4, -0.2) is 34.9 Å². The molecule has 0 aliphatic carbocycles. The molecule has 1 aliphatic heterocycles. The molecule has 186 valence electrons. The Labute approximate surface area is 213 Å². The van der Waals surface area contributed by atoms with Gasteiger partial charge >= 0.3 is 5.97 Å². The predicted molar refractivity (Wildman–Crippen MR) is 139 cm³/mol. The van der Waals surface area contributed by atoms with Crippen molar-refractivity contribution in [1.29, 1.82) is 0 Å². The van der Waals surface area contributed by atoms with Gasteiger partial charge in [0.1, 0.15) is 5.75 Å². The van der Waals surface area contributed by atoms with Gasteiger partial charge in [-0.3, -0.25) is 4.79 Å². The molecule has 2 unspecified atom stereocenters. The molecule has 6 heteroatoms. The van der Waals surface area contributed by atoms with Gasteiger partial charge in [0.2, 0.25) is 0 Å². The largest absolute Gasteiger partial charge is 0.427 e. The molecule has 0 amide bonds. The van der Waals surface area contributed by atoms with Crippen LogP contribution in [0.5, 0.6) is 5.75 Å². The summed E-state index contributed by atoms with van der Waals surface area (Å²) in [4.78, 5) is 20.1. The summed E-state index contributed by atoms with van der Waals surface area (Å²) < 4.78 is 16.7. The summed E-state index contributed by atoms with van der Waals surface area (Å²) >= 11 is 0. The van der Waals surface area contributed by atoms with Gasteiger partial charge in [-0.05, 0) is 81.0 Å². The predicted octanol–water partition coefficient (Wildman–Crippen LogP) is 6.19. The Hall–Kier alpha value is -3.53. The Morgan fingerprint density at radius 3 is 2.42 bits per heavy atom. The van der Waals surface area contributed by atoms with Crippen molar-refractivity contribution in [3.63, 3.8) is 0 Å². The molecule has 0 N–H and O–H groups in total. The van der Waals surface area contributed by atoms with Gasteiger partial charge in [-0.15, -0.1) is 0 Å². The van der Waals surface area contributed by atoms with Gasteiger partial charge in [0.15, 0.2) is 12.1 Å². The third-order valence-corrected chi connectivity index (χ3v) is 5.91. The normalized spacial score (nSPS) is 16.0. The van der Waals surface area contributed by atoms with E-state index in [1.165, 1.54) is 13.3 Å². The first-order valence-electron chi connectivity index (χ1n) is 12.5.